The van der Waals surface area contributed by atoms with E-state index in [0.29, 0.717) is 0 Å². The number of nitrogens with two attached hydrogens (primary N) is 1. The number of halogens is 1. The van der Waals surface area contributed by atoms with Gasteiger partial charge in [-0.25, -0.2) is 0 Å². The van der Waals surface area contributed by atoms with Gasteiger partial charge in [-0.3, -0.25) is 4.98 Å². The van der Waals surface area contributed by atoms with E-state index in [1.165, 1.54) is 18.4 Å². The van der Waals surface area contributed by atoms with Crippen molar-refractivity contribution in [3.05, 3.63) is 30.1 Å². The summed E-state index contributed by atoms with van der Waals surface area (Å²) in [4.78, 5) is 3.95. The zero-order valence-electron chi connectivity index (χ0n) is 7.94. The van der Waals surface area contributed by atoms with Crippen LogP contribution in [0.25, 0.3) is 0 Å². The first-order valence-electron chi connectivity index (χ1n) is 4.50. The Balaban J connectivity index is 0.00000144. The van der Waals surface area contributed by atoms with E-state index in [2.05, 4.69) is 11.9 Å². The minimum Gasteiger partial charge on any atom is -0.324 e. The third-order valence-electron chi connectivity index (χ3n) is 2.00. The predicted octanol–water partition coefficient (Wildman–Crippen LogP) is 2.69. The highest BCUT2D eigenvalue weighted by Gasteiger charge is 2.03. The maximum atomic E-state index is 5.95. The largest absolute Gasteiger partial charge is 0.324 e. The number of nitrogens with zero attached hydrogens (tertiary/aromatic N) is 1. The highest BCUT2D eigenvalue weighted by molar-refractivity contribution is 5.85. The molecule has 0 aliphatic rings. The number of hydrogen-bond acceptors (Lipinski definition) is 2. The average Bonchev–Trinajstić information content (AvgIpc) is 2.15. The van der Waals surface area contributed by atoms with Gasteiger partial charge in [-0.05, 0) is 24.1 Å². The van der Waals surface area contributed by atoms with Crippen LogP contribution in [0.4, 0.5) is 0 Å². The van der Waals surface area contributed by atoms with E-state index in [-0.39, 0.29) is 18.4 Å². The Kier molecular flexibility index (Phi) is 6.55. The van der Waals surface area contributed by atoms with Gasteiger partial charge in [-0.2, -0.15) is 0 Å². The van der Waals surface area contributed by atoms with Crippen LogP contribution in [0.1, 0.15) is 37.8 Å². The van der Waals surface area contributed by atoms with E-state index in [1.807, 2.05) is 12.1 Å². The van der Waals surface area contributed by atoms with Crippen molar-refractivity contribution in [1.82, 2.24) is 4.98 Å². The highest BCUT2D eigenvalue weighted by atomic mass is 35.5. The quantitative estimate of drug-likeness (QED) is 0.812. The molecule has 3 heteroatoms. The Hall–Kier alpha value is -0.600. The van der Waals surface area contributed by atoms with E-state index in [1.54, 1.807) is 12.4 Å². The second-order valence-electron chi connectivity index (χ2n) is 3.03. The summed E-state index contributed by atoms with van der Waals surface area (Å²) in [5, 5.41) is 0. The minimum absolute atomic E-state index is 0. The molecule has 0 aliphatic carbocycles. The van der Waals surface area contributed by atoms with Crippen LogP contribution < -0.4 is 5.73 Å². The van der Waals surface area contributed by atoms with Crippen molar-refractivity contribution in [2.24, 2.45) is 5.73 Å². The highest BCUT2D eigenvalue weighted by Crippen LogP contribution is 2.14. The molecule has 0 saturated carbocycles. The summed E-state index contributed by atoms with van der Waals surface area (Å²) < 4.78 is 0. The summed E-state index contributed by atoms with van der Waals surface area (Å²) in [5.74, 6) is 0. The van der Waals surface area contributed by atoms with Crippen LogP contribution in [0.15, 0.2) is 24.5 Å². The molecule has 74 valence electrons. The first kappa shape index (κ1) is 12.4. The molecule has 0 saturated heterocycles. The molecule has 1 atom stereocenters. The van der Waals surface area contributed by atoms with Crippen LogP contribution in [-0.4, -0.2) is 4.98 Å². The van der Waals surface area contributed by atoms with E-state index in [4.69, 9.17) is 5.73 Å². The van der Waals surface area contributed by atoms with Crippen molar-refractivity contribution in [2.45, 2.75) is 32.2 Å². The van der Waals surface area contributed by atoms with Crippen molar-refractivity contribution < 1.29 is 0 Å². The normalized spacial score (nSPS) is 11.8. The van der Waals surface area contributed by atoms with Crippen LogP contribution >= 0.6 is 12.4 Å². The van der Waals surface area contributed by atoms with Crippen LogP contribution in [0, 0.1) is 0 Å². The topological polar surface area (TPSA) is 38.9 Å². The first-order valence-corrected chi connectivity index (χ1v) is 4.50. The standard InChI is InChI=1S/C10H16N2.ClH/c1-2-3-4-10(11)9-5-7-12-8-6-9;/h5-8,10H,2-4,11H2,1H3;1H/t10-;/m1./s1. The molecule has 0 amide bonds. The Morgan fingerprint density at radius 1 is 1.38 bits per heavy atom. The maximum absolute atomic E-state index is 5.95. The molecule has 1 rings (SSSR count). The fourth-order valence-electron chi connectivity index (χ4n) is 1.20. The Morgan fingerprint density at radius 2 is 2.00 bits per heavy atom. The molecule has 0 spiro atoms. The van der Waals surface area contributed by atoms with Crippen LogP contribution in [0.2, 0.25) is 0 Å². The van der Waals surface area contributed by atoms with Gasteiger partial charge in [-0.15, -0.1) is 12.4 Å². The minimum atomic E-state index is 0. The van der Waals surface area contributed by atoms with E-state index in [0.717, 1.165) is 6.42 Å². The fourth-order valence-corrected chi connectivity index (χ4v) is 1.20. The summed E-state index contributed by atoms with van der Waals surface area (Å²) in [5.41, 5.74) is 7.15. The van der Waals surface area contributed by atoms with E-state index < -0.39 is 0 Å². The zero-order valence-corrected chi connectivity index (χ0v) is 8.76. The molecule has 0 fully saturated rings. The Morgan fingerprint density at radius 3 is 2.54 bits per heavy atom. The second-order valence-corrected chi connectivity index (χ2v) is 3.03. The lowest BCUT2D eigenvalue weighted by molar-refractivity contribution is 0.603. The van der Waals surface area contributed by atoms with Gasteiger partial charge in [0.2, 0.25) is 0 Å². The van der Waals surface area contributed by atoms with Gasteiger partial charge in [0.25, 0.3) is 0 Å². The SMILES string of the molecule is CCCC[C@@H](N)c1ccncc1.Cl. The van der Waals surface area contributed by atoms with E-state index >= 15 is 0 Å². The average molecular weight is 201 g/mol. The van der Waals surface area contributed by atoms with Gasteiger partial charge in [0.05, 0.1) is 0 Å². The summed E-state index contributed by atoms with van der Waals surface area (Å²) >= 11 is 0. The summed E-state index contributed by atoms with van der Waals surface area (Å²) in [6, 6.07) is 4.16. The molecule has 1 aromatic heterocycles. The van der Waals surface area contributed by atoms with Gasteiger partial charge in [0, 0.05) is 18.4 Å². The van der Waals surface area contributed by atoms with Crippen LogP contribution in [-0.2, 0) is 0 Å². The predicted molar refractivity (Wildman–Crippen MR) is 57.9 cm³/mol. The van der Waals surface area contributed by atoms with Crippen molar-refractivity contribution >= 4 is 12.4 Å². The zero-order chi connectivity index (χ0) is 8.81. The van der Waals surface area contributed by atoms with Gasteiger partial charge >= 0.3 is 0 Å². The molecule has 1 heterocycles. The van der Waals surface area contributed by atoms with Crippen molar-refractivity contribution in [3.63, 3.8) is 0 Å². The van der Waals surface area contributed by atoms with Crippen LogP contribution in [0.3, 0.4) is 0 Å². The number of rotatable bonds is 4. The lowest BCUT2D eigenvalue weighted by Gasteiger charge is -2.09. The molecule has 2 nitrogen and oxygen atoms in total. The summed E-state index contributed by atoms with van der Waals surface area (Å²) in [6.45, 7) is 2.18. The first-order chi connectivity index (χ1) is 5.84. The lowest BCUT2D eigenvalue weighted by Crippen LogP contribution is -2.09. The van der Waals surface area contributed by atoms with Gasteiger partial charge < -0.3 is 5.73 Å². The van der Waals surface area contributed by atoms with E-state index in [9.17, 15) is 0 Å². The second kappa shape index (κ2) is 6.87. The summed E-state index contributed by atoms with van der Waals surface area (Å²) in [6.07, 6.45) is 7.06. The monoisotopic (exact) mass is 200 g/mol. The number of pyridine rings is 1. The third kappa shape index (κ3) is 4.25. The molecular formula is C10H17ClN2. The maximum Gasteiger partial charge on any atom is 0.0295 e. The molecule has 0 bridgehead atoms. The smallest absolute Gasteiger partial charge is 0.0295 e. The number of aromatic nitrogens is 1. The third-order valence-corrected chi connectivity index (χ3v) is 2.00. The molecule has 1 aromatic rings. The fraction of sp³-hybridized carbons (Fsp3) is 0.500. The van der Waals surface area contributed by atoms with Crippen molar-refractivity contribution in [1.29, 1.82) is 0 Å². The molecule has 2 N–H and O–H groups in total. The van der Waals surface area contributed by atoms with Gasteiger partial charge in [0.15, 0.2) is 0 Å². The van der Waals surface area contributed by atoms with Crippen molar-refractivity contribution in [3.8, 4) is 0 Å². The molecule has 0 unspecified atom stereocenters. The summed E-state index contributed by atoms with van der Waals surface area (Å²) in [7, 11) is 0. The van der Waals surface area contributed by atoms with Gasteiger partial charge in [0.1, 0.15) is 0 Å². The molecular weight excluding hydrogens is 184 g/mol. The lowest BCUT2D eigenvalue weighted by atomic mass is 10.0. The molecule has 0 radical (unpaired) electrons. The Bertz CT molecular complexity index is 213. The molecule has 0 aromatic carbocycles. The Labute approximate surface area is 86.0 Å². The molecule has 0 aliphatic heterocycles. The van der Waals surface area contributed by atoms with Crippen molar-refractivity contribution in [2.75, 3.05) is 0 Å². The molecule has 13 heavy (non-hydrogen) atoms. The van der Waals surface area contributed by atoms with Gasteiger partial charge in [-0.1, -0.05) is 19.8 Å². The number of unbranched alkanes of at least 4 members (excludes halogenated alkanes) is 1. The van der Waals surface area contributed by atoms with Crippen LogP contribution in [0.5, 0.6) is 0 Å². The number of hydrogen-bond donors (Lipinski definition) is 1.